The summed E-state index contributed by atoms with van der Waals surface area (Å²) in [5.74, 6) is 0. The molecule has 11 rings (SSSR count). The smallest absolute Gasteiger partial charge is 0.0543 e. The van der Waals surface area contributed by atoms with E-state index in [1.807, 2.05) is 0 Å². The first-order chi connectivity index (χ1) is 26.4. The van der Waals surface area contributed by atoms with Crippen molar-refractivity contribution in [2.75, 3.05) is 4.90 Å². The molecule has 0 N–H and O–H groups in total. The molecule has 9 aromatic rings. The monoisotopic (exact) mass is 707 g/mol. The SMILES string of the molecule is Cc1ccc(N(c2ccc(C)cc2C)c2cc3c(c4ccccc24)-c2cc4c(cc2C3(C)C)-c2c(cc3ccc5cccc6ccc2c3c56)C4(C)C)c(C)c1. The van der Waals surface area contributed by atoms with Crippen LogP contribution in [0.5, 0.6) is 0 Å². The summed E-state index contributed by atoms with van der Waals surface area (Å²) in [5.41, 5.74) is 19.7. The summed E-state index contributed by atoms with van der Waals surface area (Å²) in [6, 6.07) is 49.2. The molecule has 2 aliphatic rings. The van der Waals surface area contributed by atoms with E-state index in [9.17, 15) is 0 Å². The van der Waals surface area contributed by atoms with Crippen molar-refractivity contribution in [2.24, 2.45) is 0 Å². The third kappa shape index (κ3) is 4.25. The summed E-state index contributed by atoms with van der Waals surface area (Å²) in [7, 11) is 0. The van der Waals surface area contributed by atoms with Crippen molar-refractivity contribution in [2.45, 2.75) is 66.2 Å². The van der Waals surface area contributed by atoms with Gasteiger partial charge in [-0.1, -0.05) is 130 Å². The van der Waals surface area contributed by atoms with Gasteiger partial charge in [0, 0.05) is 27.6 Å². The predicted octanol–water partition coefficient (Wildman–Crippen LogP) is 15.1. The van der Waals surface area contributed by atoms with Gasteiger partial charge in [-0.15, -0.1) is 0 Å². The Morgan fingerprint density at radius 1 is 0.382 bits per heavy atom. The van der Waals surface area contributed by atoms with Crippen molar-refractivity contribution in [3.8, 4) is 22.3 Å². The minimum Gasteiger partial charge on any atom is -0.309 e. The molecule has 9 aromatic carbocycles. The lowest BCUT2D eigenvalue weighted by Gasteiger charge is -2.32. The molecule has 1 heteroatoms. The maximum Gasteiger partial charge on any atom is 0.0543 e. The van der Waals surface area contributed by atoms with Gasteiger partial charge in [-0.05, 0) is 157 Å². The van der Waals surface area contributed by atoms with E-state index in [-0.39, 0.29) is 10.8 Å². The molecule has 0 atom stereocenters. The lowest BCUT2D eigenvalue weighted by atomic mass is 9.79. The van der Waals surface area contributed by atoms with Gasteiger partial charge in [-0.3, -0.25) is 0 Å². The fourth-order valence-corrected chi connectivity index (χ4v) is 10.8. The van der Waals surface area contributed by atoms with Crippen LogP contribution in [-0.4, -0.2) is 0 Å². The normalized spacial score (nSPS) is 14.8. The van der Waals surface area contributed by atoms with Crippen LogP contribution in [0.2, 0.25) is 0 Å². The minimum absolute atomic E-state index is 0.143. The third-order valence-corrected chi connectivity index (χ3v) is 13.5. The Labute approximate surface area is 324 Å². The van der Waals surface area contributed by atoms with Gasteiger partial charge in [0.1, 0.15) is 0 Å². The van der Waals surface area contributed by atoms with Crippen molar-refractivity contribution < 1.29 is 0 Å². The molecule has 0 aromatic heterocycles. The lowest BCUT2D eigenvalue weighted by molar-refractivity contribution is 0.652. The molecule has 0 saturated carbocycles. The number of hydrogen-bond acceptors (Lipinski definition) is 1. The van der Waals surface area contributed by atoms with Gasteiger partial charge < -0.3 is 4.90 Å². The third-order valence-electron chi connectivity index (χ3n) is 13.5. The molecule has 0 amide bonds. The van der Waals surface area contributed by atoms with Gasteiger partial charge in [0.25, 0.3) is 0 Å². The Morgan fingerprint density at radius 2 is 0.909 bits per heavy atom. The van der Waals surface area contributed by atoms with Crippen LogP contribution in [0.1, 0.15) is 72.2 Å². The molecule has 266 valence electrons. The van der Waals surface area contributed by atoms with E-state index >= 15 is 0 Å². The summed E-state index contributed by atoms with van der Waals surface area (Å²) in [4.78, 5) is 2.53. The zero-order valence-corrected chi connectivity index (χ0v) is 33.1. The van der Waals surface area contributed by atoms with Crippen molar-refractivity contribution >= 4 is 60.2 Å². The topological polar surface area (TPSA) is 3.24 Å². The fraction of sp³-hybridized carbons (Fsp3) is 0.185. The summed E-state index contributed by atoms with van der Waals surface area (Å²) >= 11 is 0. The Hall–Kier alpha value is -5.92. The van der Waals surface area contributed by atoms with Crippen LogP contribution in [0.25, 0.3) is 65.3 Å². The maximum atomic E-state index is 2.59. The molecular formula is C54H45N. The van der Waals surface area contributed by atoms with Gasteiger partial charge in [0.2, 0.25) is 0 Å². The number of rotatable bonds is 3. The lowest BCUT2D eigenvalue weighted by Crippen LogP contribution is -2.18. The number of anilines is 3. The number of hydrogen-bond donors (Lipinski definition) is 0. The number of aryl methyl sites for hydroxylation is 4. The van der Waals surface area contributed by atoms with Gasteiger partial charge in [-0.2, -0.15) is 0 Å². The molecule has 0 unspecified atom stereocenters. The average Bonchev–Trinajstić information content (AvgIpc) is 3.53. The second-order valence-corrected chi connectivity index (χ2v) is 17.6. The van der Waals surface area contributed by atoms with Crippen molar-refractivity contribution in [1.82, 2.24) is 0 Å². The molecule has 1 nitrogen and oxygen atoms in total. The molecule has 0 radical (unpaired) electrons. The zero-order chi connectivity index (χ0) is 37.7. The van der Waals surface area contributed by atoms with Crippen molar-refractivity contribution in [1.29, 1.82) is 0 Å². The minimum atomic E-state index is -0.217. The van der Waals surface area contributed by atoms with E-state index in [1.165, 1.54) is 127 Å². The molecule has 0 spiro atoms. The Balaban J connectivity index is 1.19. The van der Waals surface area contributed by atoms with Crippen molar-refractivity contribution in [3.63, 3.8) is 0 Å². The number of fused-ring (bicyclic) bond motifs is 9. The van der Waals surface area contributed by atoms with E-state index in [1.54, 1.807) is 0 Å². The fourth-order valence-electron chi connectivity index (χ4n) is 10.8. The van der Waals surface area contributed by atoms with Gasteiger partial charge >= 0.3 is 0 Å². The van der Waals surface area contributed by atoms with Crippen LogP contribution in [0.3, 0.4) is 0 Å². The molecule has 0 bridgehead atoms. The van der Waals surface area contributed by atoms with E-state index < -0.39 is 0 Å². The van der Waals surface area contributed by atoms with E-state index in [0.717, 1.165) is 0 Å². The summed E-state index contributed by atoms with van der Waals surface area (Å²) < 4.78 is 0. The molecular weight excluding hydrogens is 663 g/mol. The predicted molar refractivity (Wildman–Crippen MR) is 236 cm³/mol. The van der Waals surface area contributed by atoms with E-state index in [4.69, 9.17) is 0 Å². The second kappa shape index (κ2) is 10.9. The second-order valence-electron chi connectivity index (χ2n) is 17.6. The first-order valence-electron chi connectivity index (χ1n) is 19.8. The number of benzene rings is 9. The average molecular weight is 708 g/mol. The Bertz CT molecular complexity index is 3070. The van der Waals surface area contributed by atoms with Crippen LogP contribution in [0.4, 0.5) is 17.1 Å². The molecule has 55 heavy (non-hydrogen) atoms. The van der Waals surface area contributed by atoms with Crippen LogP contribution < -0.4 is 4.90 Å². The highest BCUT2D eigenvalue weighted by Gasteiger charge is 2.43. The van der Waals surface area contributed by atoms with Crippen LogP contribution in [-0.2, 0) is 10.8 Å². The highest BCUT2D eigenvalue weighted by atomic mass is 15.1. The molecule has 0 fully saturated rings. The maximum absolute atomic E-state index is 2.59. The summed E-state index contributed by atoms with van der Waals surface area (Å²) in [6.45, 7) is 18.7. The molecule has 0 heterocycles. The summed E-state index contributed by atoms with van der Waals surface area (Å²) in [6.07, 6.45) is 0. The molecule has 0 saturated heterocycles. The quantitative estimate of drug-likeness (QED) is 0.165. The van der Waals surface area contributed by atoms with E-state index in [2.05, 4.69) is 188 Å². The number of nitrogens with zero attached hydrogens (tertiary/aromatic N) is 1. The standard InChI is InChI=1S/C54H45N/c1-30-16-22-46(32(3)24-30)55(47-23-17-31(2)25-33(47)4)48-29-45-51(38-15-10-9-14-37(38)48)40-27-43-41(28-42(40)54(45,7)8)52-39-21-20-35-13-11-12-34-18-19-36(50(39)49(34)35)26-44(52)53(43,5)6/h9-29H,1-8H3. The van der Waals surface area contributed by atoms with E-state index in [0.29, 0.717) is 0 Å². The molecule has 2 aliphatic carbocycles. The van der Waals surface area contributed by atoms with Gasteiger partial charge in [0.05, 0.1) is 5.69 Å². The highest BCUT2D eigenvalue weighted by molar-refractivity contribution is 6.26. The first kappa shape index (κ1) is 32.5. The summed E-state index contributed by atoms with van der Waals surface area (Å²) in [5, 5.41) is 10.7. The highest BCUT2D eigenvalue weighted by Crippen LogP contribution is 2.60. The Morgan fingerprint density at radius 3 is 1.51 bits per heavy atom. The van der Waals surface area contributed by atoms with Crippen molar-refractivity contribution in [3.05, 3.63) is 172 Å². The van der Waals surface area contributed by atoms with Gasteiger partial charge in [-0.25, -0.2) is 0 Å². The first-order valence-corrected chi connectivity index (χ1v) is 19.8. The molecule has 0 aliphatic heterocycles. The van der Waals surface area contributed by atoms with Crippen LogP contribution in [0.15, 0.2) is 127 Å². The van der Waals surface area contributed by atoms with Crippen LogP contribution in [0, 0.1) is 27.7 Å². The largest absolute Gasteiger partial charge is 0.309 e. The Kier molecular flexibility index (Phi) is 6.42. The van der Waals surface area contributed by atoms with Gasteiger partial charge in [0.15, 0.2) is 0 Å². The zero-order valence-electron chi connectivity index (χ0n) is 33.1. The van der Waals surface area contributed by atoms with Crippen LogP contribution >= 0.6 is 0 Å².